The summed E-state index contributed by atoms with van der Waals surface area (Å²) in [5.74, 6) is 1.85. The van der Waals surface area contributed by atoms with Crippen LogP contribution in [0.4, 0.5) is 5.69 Å². The Morgan fingerprint density at radius 3 is 2.35 bits per heavy atom. The van der Waals surface area contributed by atoms with E-state index in [0.717, 1.165) is 42.0 Å². The third-order valence-electron chi connectivity index (χ3n) is 6.55. The normalized spacial score (nSPS) is 16.5. The molecule has 6 nitrogen and oxygen atoms in total. The zero-order valence-electron chi connectivity index (χ0n) is 20.1. The van der Waals surface area contributed by atoms with Gasteiger partial charge in [0, 0.05) is 60.3 Å². The van der Waals surface area contributed by atoms with Crippen molar-refractivity contribution in [2.45, 2.75) is 19.4 Å². The number of rotatable bonds is 8. The quantitative estimate of drug-likeness (QED) is 0.406. The van der Waals surface area contributed by atoms with Gasteiger partial charge in [-0.3, -0.25) is 9.69 Å². The molecule has 1 atom stereocenters. The largest absolute Gasteiger partial charge is 0.493 e. The Bertz CT molecular complexity index is 1170. The van der Waals surface area contributed by atoms with Gasteiger partial charge < -0.3 is 19.1 Å². The van der Waals surface area contributed by atoms with E-state index in [2.05, 4.69) is 28.9 Å². The maximum absolute atomic E-state index is 13.1. The van der Waals surface area contributed by atoms with Gasteiger partial charge in [-0.1, -0.05) is 17.7 Å². The Morgan fingerprint density at radius 2 is 1.71 bits per heavy atom. The zero-order chi connectivity index (χ0) is 24.2. The molecule has 3 aromatic rings. The topological polar surface area (TPSA) is 51.2 Å². The highest BCUT2D eigenvalue weighted by Crippen LogP contribution is 2.43. The Labute approximate surface area is 206 Å². The summed E-state index contributed by atoms with van der Waals surface area (Å²) in [6.45, 7) is 5.73. The first kappa shape index (κ1) is 24.2. The number of carbonyl (C=O) groups excluding carboxylic acids is 1. The summed E-state index contributed by atoms with van der Waals surface area (Å²) in [5, 5.41) is 2.51. The number of carbonyl (C=O) groups is 1. The number of hydrogen-bond acceptors (Lipinski definition) is 6. The minimum Gasteiger partial charge on any atom is -0.493 e. The van der Waals surface area contributed by atoms with E-state index in [4.69, 9.17) is 25.8 Å². The molecule has 0 amide bonds. The maximum Gasteiger partial charge on any atom is 0.203 e. The fraction of sp³-hybridized carbons (Fsp3) is 0.370. The summed E-state index contributed by atoms with van der Waals surface area (Å²) in [6, 6.07) is 15.9. The van der Waals surface area contributed by atoms with E-state index in [1.54, 1.807) is 21.3 Å². The van der Waals surface area contributed by atoms with Gasteiger partial charge >= 0.3 is 0 Å². The van der Waals surface area contributed by atoms with E-state index in [-0.39, 0.29) is 5.78 Å². The van der Waals surface area contributed by atoms with Crippen LogP contribution in [0.1, 0.15) is 23.7 Å². The number of piperazine rings is 1. The lowest BCUT2D eigenvalue weighted by Crippen LogP contribution is -2.52. The number of halogens is 1. The van der Waals surface area contributed by atoms with Crippen molar-refractivity contribution in [1.29, 1.82) is 0 Å². The summed E-state index contributed by atoms with van der Waals surface area (Å²) in [7, 11) is 4.77. The van der Waals surface area contributed by atoms with Crippen LogP contribution in [0.3, 0.4) is 0 Å². The van der Waals surface area contributed by atoms with E-state index < -0.39 is 0 Å². The summed E-state index contributed by atoms with van der Waals surface area (Å²) >= 11 is 6.02. The summed E-state index contributed by atoms with van der Waals surface area (Å²) in [6.07, 6.45) is 0.473. The lowest BCUT2D eigenvalue weighted by Gasteiger charge is -2.41. The summed E-state index contributed by atoms with van der Waals surface area (Å²) in [5.41, 5.74) is 1.87. The SMILES string of the molecule is COc1cc2cc(C(=O)CCN3CCN(c4ccc(Cl)cc4)CC3C)ccc2c(OC)c1OC. The van der Waals surface area contributed by atoms with Gasteiger partial charge in [-0.15, -0.1) is 0 Å². The van der Waals surface area contributed by atoms with Crippen molar-refractivity contribution in [3.8, 4) is 17.2 Å². The highest BCUT2D eigenvalue weighted by molar-refractivity contribution is 6.30. The average Bonchev–Trinajstić information content (AvgIpc) is 2.86. The van der Waals surface area contributed by atoms with Gasteiger partial charge in [0.2, 0.25) is 5.75 Å². The van der Waals surface area contributed by atoms with Gasteiger partial charge in [0.1, 0.15) is 0 Å². The molecule has 4 rings (SSSR count). The third-order valence-corrected chi connectivity index (χ3v) is 6.80. The molecule has 180 valence electrons. The van der Waals surface area contributed by atoms with Gasteiger partial charge in [-0.05, 0) is 54.8 Å². The molecule has 7 heteroatoms. The number of Topliss-reactive ketones (excluding diaryl/α,β-unsaturated/α-hetero) is 1. The van der Waals surface area contributed by atoms with Crippen molar-refractivity contribution in [2.24, 2.45) is 0 Å². The molecule has 0 aromatic heterocycles. The fourth-order valence-corrected chi connectivity index (χ4v) is 4.78. The van der Waals surface area contributed by atoms with Crippen LogP contribution in [0.5, 0.6) is 17.2 Å². The van der Waals surface area contributed by atoms with Crippen molar-refractivity contribution >= 4 is 33.8 Å². The van der Waals surface area contributed by atoms with Crippen LogP contribution in [-0.2, 0) is 0 Å². The minimum atomic E-state index is 0.128. The van der Waals surface area contributed by atoms with E-state index in [1.165, 1.54) is 5.69 Å². The molecule has 1 aliphatic heterocycles. The number of anilines is 1. The summed E-state index contributed by atoms with van der Waals surface area (Å²) in [4.78, 5) is 17.8. The molecule has 3 aromatic carbocycles. The second-order valence-corrected chi connectivity index (χ2v) is 9.00. The summed E-state index contributed by atoms with van der Waals surface area (Å²) < 4.78 is 16.5. The first-order valence-electron chi connectivity index (χ1n) is 11.5. The highest BCUT2D eigenvalue weighted by Gasteiger charge is 2.24. The molecule has 0 saturated carbocycles. The van der Waals surface area contributed by atoms with Crippen LogP contribution in [-0.4, -0.2) is 64.2 Å². The number of ketones is 1. The first-order valence-corrected chi connectivity index (χ1v) is 11.8. The molecule has 1 saturated heterocycles. The van der Waals surface area contributed by atoms with Gasteiger partial charge in [0.15, 0.2) is 17.3 Å². The third kappa shape index (κ3) is 4.93. The Morgan fingerprint density at radius 1 is 0.971 bits per heavy atom. The molecule has 1 heterocycles. The predicted molar refractivity (Wildman–Crippen MR) is 137 cm³/mol. The molecule has 34 heavy (non-hydrogen) atoms. The van der Waals surface area contributed by atoms with Crippen LogP contribution in [0.25, 0.3) is 10.8 Å². The number of hydrogen-bond donors (Lipinski definition) is 0. The van der Waals surface area contributed by atoms with E-state index >= 15 is 0 Å². The second-order valence-electron chi connectivity index (χ2n) is 8.56. The van der Waals surface area contributed by atoms with E-state index in [1.807, 2.05) is 36.4 Å². The van der Waals surface area contributed by atoms with E-state index in [0.29, 0.717) is 35.3 Å². The van der Waals surface area contributed by atoms with Gasteiger partial charge in [0.25, 0.3) is 0 Å². The Hall–Kier alpha value is -2.96. The minimum absolute atomic E-state index is 0.128. The molecule has 1 fully saturated rings. The van der Waals surface area contributed by atoms with Gasteiger partial charge in [-0.25, -0.2) is 0 Å². The molecular formula is C27H31ClN2O4. The second kappa shape index (κ2) is 10.5. The van der Waals surface area contributed by atoms with Crippen LogP contribution in [0.2, 0.25) is 5.02 Å². The van der Waals surface area contributed by atoms with Crippen LogP contribution < -0.4 is 19.1 Å². The van der Waals surface area contributed by atoms with Gasteiger partial charge in [-0.2, -0.15) is 0 Å². The number of fused-ring (bicyclic) bond motifs is 1. The van der Waals surface area contributed by atoms with Crippen LogP contribution in [0.15, 0.2) is 48.5 Å². The monoisotopic (exact) mass is 482 g/mol. The fourth-order valence-electron chi connectivity index (χ4n) is 4.65. The van der Waals surface area contributed by atoms with Crippen molar-refractivity contribution < 1.29 is 19.0 Å². The lowest BCUT2D eigenvalue weighted by molar-refractivity contribution is 0.0948. The van der Waals surface area contributed by atoms with Gasteiger partial charge in [0.05, 0.1) is 21.3 Å². The highest BCUT2D eigenvalue weighted by atomic mass is 35.5. The number of methoxy groups -OCH3 is 3. The smallest absolute Gasteiger partial charge is 0.203 e. The standard InChI is InChI=1S/C27H31ClN2O4/c1-18-17-30(22-8-6-21(28)7-9-22)14-13-29(18)12-11-24(31)19-5-10-23-20(15-19)16-25(32-2)27(34-4)26(23)33-3/h5-10,15-16,18H,11-14,17H2,1-4H3. The van der Waals surface area contributed by atoms with Crippen molar-refractivity contribution in [3.05, 3.63) is 59.1 Å². The van der Waals surface area contributed by atoms with E-state index in [9.17, 15) is 4.79 Å². The molecule has 0 aliphatic carbocycles. The molecule has 0 radical (unpaired) electrons. The number of nitrogens with zero attached hydrogens (tertiary/aromatic N) is 2. The molecular weight excluding hydrogens is 452 g/mol. The average molecular weight is 483 g/mol. The maximum atomic E-state index is 13.1. The number of benzene rings is 3. The molecule has 0 spiro atoms. The number of ether oxygens (including phenoxy) is 3. The Kier molecular flexibility index (Phi) is 7.49. The molecule has 0 N–H and O–H groups in total. The molecule has 1 unspecified atom stereocenters. The molecule has 0 bridgehead atoms. The zero-order valence-corrected chi connectivity index (χ0v) is 20.9. The first-order chi connectivity index (χ1) is 16.4. The van der Waals surface area contributed by atoms with Crippen LogP contribution in [0, 0.1) is 0 Å². The van der Waals surface area contributed by atoms with Crippen LogP contribution >= 0.6 is 11.6 Å². The van der Waals surface area contributed by atoms with Crippen molar-refractivity contribution in [2.75, 3.05) is 52.4 Å². The lowest BCUT2D eigenvalue weighted by atomic mass is 10.0. The Balaban J connectivity index is 1.42. The molecule has 1 aliphatic rings. The van der Waals surface area contributed by atoms with Crippen molar-refractivity contribution in [3.63, 3.8) is 0 Å². The predicted octanol–water partition coefficient (Wildman–Crippen LogP) is 5.30. The van der Waals surface area contributed by atoms with Crippen molar-refractivity contribution in [1.82, 2.24) is 4.90 Å².